The van der Waals surface area contributed by atoms with Gasteiger partial charge >= 0.3 is 5.97 Å². The Hall–Kier alpha value is -2.89. The van der Waals surface area contributed by atoms with Crippen LogP contribution in [0.3, 0.4) is 0 Å². The van der Waals surface area contributed by atoms with E-state index in [0.717, 1.165) is 17.7 Å². The summed E-state index contributed by atoms with van der Waals surface area (Å²) in [6, 6.07) is 17.2. The van der Waals surface area contributed by atoms with Crippen molar-refractivity contribution in [2.45, 2.75) is 50.2 Å². The molecule has 32 heavy (non-hydrogen) atoms. The van der Waals surface area contributed by atoms with E-state index in [9.17, 15) is 20.1 Å². The third kappa shape index (κ3) is 6.55. The van der Waals surface area contributed by atoms with E-state index in [1.807, 2.05) is 54.6 Å². The van der Waals surface area contributed by atoms with Crippen molar-refractivity contribution >= 4 is 11.7 Å². The predicted octanol–water partition coefficient (Wildman–Crippen LogP) is 2.11. The van der Waals surface area contributed by atoms with E-state index in [1.54, 1.807) is 4.90 Å². The standard InChI is InChI=1S/C25H29NO6/c27-22(14-9-18-6-2-1-3-7-18)19-10-12-20(13-11-19)26-21(16-23(28)25(26)31)8-4-5-15-32-17-24(29)30/h1-3,6-7,10-13,21-23,25,27-28,31H,8-9,14-17H2,(H,29,30). The number of aliphatic hydroxyl groups excluding tert-OH is 3. The monoisotopic (exact) mass is 439 g/mol. The number of hydrogen-bond acceptors (Lipinski definition) is 6. The van der Waals surface area contributed by atoms with Gasteiger partial charge in [-0.3, -0.25) is 0 Å². The molecule has 1 fully saturated rings. The van der Waals surface area contributed by atoms with Gasteiger partial charge in [-0.1, -0.05) is 54.3 Å². The van der Waals surface area contributed by atoms with Crippen LogP contribution in [0.4, 0.5) is 5.69 Å². The number of aliphatic carboxylic acids is 1. The van der Waals surface area contributed by atoms with Crippen molar-refractivity contribution in [2.24, 2.45) is 0 Å². The molecule has 3 rings (SSSR count). The number of hydrogen-bond donors (Lipinski definition) is 4. The highest BCUT2D eigenvalue weighted by Gasteiger charge is 2.38. The molecular formula is C25H29NO6. The maximum Gasteiger partial charge on any atom is 0.329 e. The number of carboxylic acid groups (broad SMARTS) is 1. The van der Waals surface area contributed by atoms with Gasteiger partial charge in [0.2, 0.25) is 0 Å². The Morgan fingerprint density at radius 1 is 1.09 bits per heavy atom. The average molecular weight is 440 g/mol. The van der Waals surface area contributed by atoms with E-state index in [4.69, 9.17) is 9.84 Å². The first kappa shape index (κ1) is 23.8. The van der Waals surface area contributed by atoms with Crippen molar-refractivity contribution in [3.63, 3.8) is 0 Å². The van der Waals surface area contributed by atoms with Gasteiger partial charge in [0, 0.05) is 18.2 Å². The molecule has 0 aliphatic carbocycles. The third-order valence-corrected chi connectivity index (χ3v) is 5.52. The summed E-state index contributed by atoms with van der Waals surface area (Å²) in [5, 5.41) is 39.7. The van der Waals surface area contributed by atoms with Crippen LogP contribution < -0.4 is 4.90 Å². The minimum absolute atomic E-state index is 0.0136. The van der Waals surface area contributed by atoms with Gasteiger partial charge < -0.3 is 30.1 Å². The molecule has 1 aliphatic heterocycles. The summed E-state index contributed by atoms with van der Waals surface area (Å²) in [6.07, 6.45) is -0.376. The molecule has 2 aromatic rings. The van der Waals surface area contributed by atoms with Crippen LogP contribution in [0.1, 0.15) is 36.5 Å². The van der Waals surface area contributed by atoms with Crippen molar-refractivity contribution in [3.8, 4) is 11.8 Å². The van der Waals surface area contributed by atoms with E-state index in [1.165, 1.54) is 5.56 Å². The zero-order chi connectivity index (χ0) is 22.9. The second-order valence-corrected chi connectivity index (χ2v) is 7.85. The molecule has 0 spiro atoms. The molecule has 0 radical (unpaired) electrons. The fourth-order valence-corrected chi connectivity index (χ4v) is 3.87. The molecule has 4 atom stereocenters. The summed E-state index contributed by atoms with van der Waals surface area (Å²) in [5.74, 6) is 4.65. The number of aryl methyl sites for hydroxylation is 1. The lowest BCUT2D eigenvalue weighted by Gasteiger charge is -2.29. The Kier molecular flexibility index (Phi) is 8.65. The van der Waals surface area contributed by atoms with E-state index >= 15 is 0 Å². The summed E-state index contributed by atoms with van der Waals surface area (Å²) in [5.41, 5.74) is 2.71. The van der Waals surface area contributed by atoms with Crippen LogP contribution in [0.2, 0.25) is 0 Å². The number of nitrogens with zero attached hydrogens (tertiary/aromatic N) is 1. The summed E-state index contributed by atoms with van der Waals surface area (Å²) >= 11 is 0. The maximum absolute atomic E-state index is 10.5. The summed E-state index contributed by atoms with van der Waals surface area (Å²) in [4.78, 5) is 12.2. The van der Waals surface area contributed by atoms with E-state index in [0.29, 0.717) is 19.3 Å². The first-order valence-electron chi connectivity index (χ1n) is 10.7. The van der Waals surface area contributed by atoms with E-state index in [2.05, 4.69) is 11.8 Å². The number of benzene rings is 2. The molecule has 170 valence electrons. The predicted molar refractivity (Wildman–Crippen MR) is 120 cm³/mol. The molecule has 7 nitrogen and oxygen atoms in total. The summed E-state index contributed by atoms with van der Waals surface area (Å²) in [6.45, 7) is -0.384. The van der Waals surface area contributed by atoms with Crippen molar-refractivity contribution in [1.82, 2.24) is 0 Å². The van der Waals surface area contributed by atoms with Crippen molar-refractivity contribution in [3.05, 3.63) is 65.7 Å². The van der Waals surface area contributed by atoms with Gasteiger partial charge in [-0.15, -0.1) is 0 Å². The maximum atomic E-state index is 10.5. The van der Waals surface area contributed by atoms with Gasteiger partial charge in [0.05, 0.1) is 6.10 Å². The molecule has 0 amide bonds. The van der Waals surface area contributed by atoms with Crippen molar-refractivity contribution in [2.75, 3.05) is 18.1 Å². The fourth-order valence-electron chi connectivity index (χ4n) is 3.87. The molecule has 1 aliphatic rings. The first-order valence-corrected chi connectivity index (χ1v) is 10.7. The van der Waals surface area contributed by atoms with Crippen molar-refractivity contribution in [1.29, 1.82) is 0 Å². The number of anilines is 1. The lowest BCUT2D eigenvalue weighted by Crippen LogP contribution is -2.38. The van der Waals surface area contributed by atoms with Gasteiger partial charge in [0.15, 0.2) is 6.23 Å². The molecule has 7 heteroatoms. The molecule has 0 bridgehead atoms. The SMILES string of the molecule is O=C(O)COCC#CCC1CC(O)C(O)N1c1ccc(C(O)CCc2ccccc2)cc1. The summed E-state index contributed by atoms with van der Waals surface area (Å²) < 4.78 is 4.89. The van der Waals surface area contributed by atoms with Crippen LogP contribution in [-0.4, -0.2) is 58.0 Å². The average Bonchev–Trinajstić information content (AvgIpc) is 3.08. The topological polar surface area (TPSA) is 110 Å². The van der Waals surface area contributed by atoms with E-state index < -0.39 is 31.0 Å². The molecule has 2 aromatic carbocycles. The highest BCUT2D eigenvalue weighted by Crippen LogP contribution is 2.32. The number of rotatable bonds is 9. The Balaban J connectivity index is 1.59. The Morgan fingerprint density at radius 2 is 1.81 bits per heavy atom. The van der Waals surface area contributed by atoms with Crippen LogP contribution in [-0.2, 0) is 16.0 Å². The highest BCUT2D eigenvalue weighted by atomic mass is 16.5. The number of ether oxygens (including phenoxy) is 1. The number of carbonyl (C=O) groups is 1. The molecule has 0 aromatic heterocycles. The fraction of sp³-hybridized carbons (Fsp3) is 0.400. The Labute approximate surface area is 187 Å². The smallest absolute Gasteiger partial charge is 0.329 e. The minimum atomic E-state index is -1.05. The Bertz CT molecular complexity index is 921. The molecule has 1 heterocycles. The second kappa shape index (κ2) is 11.7. The molecule has 1 saturated heterocycles. The molecule has 0 saturated carbocycles. The van der Waals surface area contributed by atoms with Gasteiger partial charge in [0.25, 0.3) is 0 Å². The molecule has 4 unspecified atom stereocenters. The number of carboxylic acids is 1. The zero-order valence-electron chi connectivity index (χ0n) is 17.8. The Morgan fingerprint density at radius 3 is 2.50 bits per heavy atom. The van der Waals surface area contributed by atoms with Crippen molar-refractivity contribution < 1.29 is 30.0 Å². The molecular weight excluding hydrogens is 410 g/mol. The first-order chi connectivity index (χ1) is 15.5. The highest BCUT2D eigenvalue weighted by molar-refractivity contribution is 5.68. The quantitative estimate of drug-likeness (QED) is 0.350. The normalized spacial score (nSPS) is 21.1. The number of aliphatic hydroxyl groups is 3. The van der Waals surface area contributed by atoms with E-state index in [-0.39, 0.29) is 12.6 Å². The van der Waals surface area contributed by atoms with Crippen LogP contribution >= 0.6 is 0 Å². The summed E-state index contributed by atoms with van der Waals surface area (Å²) in [7, 11) is 0. The largest absolute Gasteiger partial charge is 0.480 e. The van der Waals surface area contributed by atoms with Crippen LogP contribution in [0.15, 0.2) is 54.6 Å². The van der Waals surface area contributed by atoms with Crippen LogP contribution in [0, 0.1) is 11.8 Å². The van der Waals surface area contributed by atoms with Gasteiger partial charge in [-0.25, -0.2) is 4.79 Å². The second-order valence-electron chi connectivity index (χ2n) is 7.85. The van der Waals surface area contributed by atoms with Gasteiger partial charge in [-0.05, 0) is 42.5 Å². The molecule has 4 N–H and O–H groups in total. The zero-order valence-corrected chi connectivity index (χ0v) is 17.8. The lowest BCUT2D eigenvalue weighted by molar-refractivity contribution is -0.141. The van der Waals surface area contributed by atoms with Crippen LogP contribution in [0.25, 0.3) is 0 Å². The minimum Gasteiger partial charge on any atom is -0.480 e. The lowest BCUT2D eigenvalue weighted by atomic mass is 10.0. The van der Waals surface area contributed by atoms with Gasteiger partial charge in [-0.2, -0.15) is 0 Å². The van der Waals surface area contributed by atoms with Crippen LogP contribution in [0.5, 0.6) is 0 Å². The third-order valence-electron chi connectivity index (χ3n) is 5.52. The van der Waals surface area contributed by atoms with Gasteiger partial charge in [0.1, 0.15) is 19.3 Å².